The second kappa shape index (κ2) is 19.8. The van der Waals surface area contributed by atoms with Crippen LogP contribution in [0.15, 0.2) is 66.7 Å². The molecule has 3 aliphatic rings. The summed E-state index contributed by atoms with van der Waals surface area (Å²) in [6.45, 7) is 1.71. The van der Waals surface area contributed by atoms with Crippen molar-refractivity contribution in [2.45, 2.75) is 51.2 Å². The maximum absolute atomic E-state index is 13.7. The quantitative estimate of drug-likeness (QED) is 0.260. The molecule has 3 heterocycles. The molecular weight excluding hydrogens is 724 g/mol. The Kier molecular flexibility index (Phi) is 14.5. The molecule has 4 bridgehead atoms. The van der Waals surface area contributed by atoms with Crippen LogP contribution in [0.5, 0.6) is 23.0 Å². The average Bonchev–Trinajstić information content (AvgIpc) is 3.61. The molecule has 6 rings (SSSR count). The predicted molar refractivity (Wildman–Crippen MR) is 203 cm³/mol. The Morgan fingerprint density at radius 1 is 0.857 bits per heavy atom. The number of cyclic esters (lactones) is 1. The molecule has 0 aromatic heterocycles. The fourth-order valence-corrected chi connectivity index (χ4v) is 6.17. The Balaban J connectivity index is 1.38. The van der Waals surface area contributed by atoms with Crippen molar-refractivity contribution < 1.29 is 47.7 Å². The molecule has 0 saturated carbocycles. The van der Waals surface area contributed by atoms with Crippen LogP contribution in [0, 0.1) is 0 Å². The SMILES string of the molecule is COc1cc2ccc1CNC(=O)[C@H](C)NC(=O)[C@H](CCc1ccccc1)NC(=O)CN(C(=O)CN1CCOC1=O)CCCCNC(=O)c1ccc(OC)c(c1)O2. The van der Waals surface area contributed by atoms with Crippen LogP contribution in [0.25, 0.3) is 0 Å². The number of methoxy groups -OCH3 is 2. The van der Waals surface area contributed by atoms with Crippen molar-refractivity contribution in [3.05, 3.63) is 83.4 Å². The van der Waals surface area contributed by atoms with Gasteiger partial charge in [-0.25, -0.2) is 4.79 Å². The van der Waals surface area contributed by atoms with Crippen molar-refractivity contribution in [3.8, 4) is 23.0 Å². The molecule has 298 valence electrons. The van der Waals surface area contributed by atoms with E-state index in [9.17, 15) is 28.8 Å². The highest BCUT2D eigenvalue weighted by Gasteiger charge is 2.29. The Hall–Kier alpha value is -6.32. The molecule has 0 spiro atoms. The van der Waals surface area contributed by atoms with E-state index >= 15 is 0 Å². The number of amides is 6. The molecule has 0 aliphatic carbocycles. The van der Waals surface area contributed by atoms with E-state index < -0.39 is 48.4 Å². The van der Waals surface area contributed by atoms with Gasteiger partial charge >= 0.3 is 6.09 Å². The molecular formula is C40H48N6O10. The predicted octanol–water partition coefficient (Wildman–Crippen LogP) is 2.54. The number of hydrogen-bond acceptors (Lipinski definition) is 10. The largest absolute Gasteiger partial charge is 0.496 e. The summed E-state index contributed by atoms with van der Waals surface area (Å²) in [5, 5.41) is 11.2. The van der Waals surface area contributed by atoms with Gasteiger partial charge in [0, 0.05) is 36.8 Å². The van der Waals surface area contributed by atoms with E-state index in [0.717, 1.165) is 5.56 Å². The molecule has 4 N–H and O–H groups in total. The highest BCUT2D eigenvalue weighted by molar-refractivity contribution is 5.95. The minimum atomic E-state index is -1.04. The maximum Gasteiger partial charge on any atom is 0.410 e. The van der Waals surface area contributed by atoms with Gasteiger partial charge < -0.3 is 45.1 Å². The molecule has 3 aromatic rings. The Morgan fingerprint density at radius 3 is 2.38 bits per heavy atom. The summed E-state index contributed by atoms with van der Waals surface area (Å²) in [6, 6.07) is 17.3. The summed E-state index contributed by atoms with van der Waals surface area (Å²) in [6.07, 6.45) is 0.899. The van der Waals surface area contributed by atoms with Crippen molar-refractivity contribution in [2.24, 2.45) is 0 Å². The van der Waals surface area contributed by atoms with E-state index in [-0.39, 0.29) is 57.4 Å². The fourth-order valence-electron chi connectivity index (χ4n) is 6.17. The fraction of sp³-hybridized carbons (Fsp3) is 0.400. The summed E-state index contributed by atoms with van der Waals surface area (Å²) in [4.78, 5) is 81.8. The molecule has 56 heavy (non-hydrogen) atoms. The lowest BCUT2D eigenvalue weighted by Gasteiger charge is -2.26. The summed E-state index contributed by atoms with van der Waals surface area (Å²) in [5.74, 6) is -0.992. The molecule has 3 aromatic carbocycles. The highest BCUT2D eigenvalue weighted by Crippen LogP contribution is 2.35. The third-order valence-electron chi connectivity index (χ3n) is 9.33. The van der Waals surface area contributed by atoms with Gasteiger partial charge in [0.15, 0.2) is 11.5 Å². The van der Waals surface area contributed by atoms with Gasteiger partial charge in [0.1, 0.15) is 36.7 Å². The van der Waals surface area contributed by atoms with Crippen LogP contribution in [0.3, 0.4) is 0 Å². The topological polar surface area (TPSA) is 194 Å². The molecule has 2 atom stereocenters. The zero-order chi connectivity index (χ0) is 40.0. The van der Waals surface area contributed by atoms with Crippen LogP contribution in [0.4, 0.5) is 4.79 Å². The van der Waals surface area contributed by atoms with Crippen molar-refractivity contribution in [2.75, 3.05) is 53.6 Å². The van der Waals surface area contributed by atoms with Gasteiger partial charge in [0.25, 0.3) is 5.91 Å². The van der Waals surface area contributed by atoms with Crippen LogP contribution in [0.2, 0.25) is 0 Å². The van der Waals surface area contributed by atoms with E-state index in [2.05, 4.69) is 21.3 Å². The number of nitrogens with one attached hydrogen (secondary N) is 4. The van der Waals surface area contributed by atoms with Crippen molar-refractivity contribution in [1.82, 2.24) is 31.1 Å². The van der Waals surface area contributed by atoms with E-state index in [4.69, 9.17) is 18.9 Å². The van der Waals surface area contributed by atoms with Gasteiger partial charge in [-0.15, -0.1) is 0 Å². The lowest BCUT2D eigenvalue weighted by atomic mass is 10.0. The normalized spacial score (nSPS) is 18.9. The standard InChI is InChI=1S/C40H48N6O10/c1-26-37(49)42-23-29-12-14-30(22-33(29)54-3)56-34-21-28(13-16-32(34)53-2)38(50)41-17-7-8-18-45(36(48)25-46-19-20-55-40(46)52)24-35(47)44-31(39(51)43-26)15-11-27-9-5-4-6-10-27/h4-6,9-10,12-14,16,21-22,26,31H,7-8,11,15,17-20,23-25H2,1-3H3,(H,41,50)(H,42,49)(H,43,51)(H,44,47)/t26-,31-/m0/s1. The molecule has 3 aliphatic heterocycles. The maximum atomic E-state index is 13.7. The van der Waals surface area contributed by atoms with Crippen LogP contribution in [0.1, 0.15) is 47.7 Å². The summed E-state index contributed by atoms with van der Waals surface area (Å²) in [5.41, 5.74) is 1.90. The highest BCUT2D eigenvalue weighted by atomic mass is 16.6. The minimum Gasteiger partial charge on any atom is -0.496 e. The molecule has 16 nitrogen and oxygen atoms in total. The van der Waals surface area contributed by atoms with E-state index in [1.54, 1.807) is 36.4 Å². The van der Waals surface area contributed by atoms with Gasteiger partial charge in [0.2, 0.25) is 23.6 Å². The zero-order valence-corrected chi connectivity index (χ0v) is 31.8. The smallest absolute Gasteiger partial charge is 0.410 e. The number of carbonyl (C=O) groups is 6. The molecule has 1 saturated heterocycles. The molecule has 0 unspecified atom stereocenters. The van der Waals surface area contributed by atoms with Crippen molar-refractivity contribution in [3.63, 3.8) is 0 Å². The zero-order valence-electron chi connectivity index (χ0n) is 31.8. The van der Waals surface area contributed by atoms with Crippen LogP contribution in [-0.4, -0.2) is 111 Å². The van der Waals surface area contributed by atoms with E-state index in [0.29, 0.717) is 47.6 Å². The first-order chi connectivity index (χ1) is 27.0. The van der Waals surface area contributed by atoms with Gasteiger partial charge in [-0.2, -0.15) is 0 Å². The third kappa shape index (κ3) is 11.3. The first-order valence-electron chi connectivity index (χ1n) is 18.5. The lowest BCUT2D eigenvalue weighted by molar-refractivity contribution is -0.137. The molecule has 6 amide bonds. The van der Waals surface area contributed by atoms with Crippen LogP contribution in [-0.2, 0) is 36.9 Å². The summed E-state index contributed by atoms with van der Waals surface area (Å²) >= 11 is 0. The van der Waals surface area contributed by atoms with Crippen LogP contribution >= 0.6 is 0 Å². The second-order valence-electron chi connectivity index (χ2n) is 13.3. The number of nitrogens with zero attached hydrogens (tertiary/aromatic N) is 2. The summed E-state index contributed by atoms with van der Waals surface area (Å²) < 4.78 is 22.1. The number of carbonyl (C=O) groups excluding carboxylic acids is 6. The monoisotopic (exact) mass is 772 g/mol. The number of hydrogen-bond donors (Lipinski definition) is 4. The molecule has 0 radical (unpaired) electrons. The summed E-state index contributed by atoms with van der Waals surface area (Å²) in [7, 11) is 2.97. The number of rotatable bonds is 7. The Bertz CT molecular complexity index is 1890. The van der Waals surface area contributed by atoms with Gasteiger partial charge in [0.05, 0.1) is 27.3 Å². The number of benzene rings is 3. The van der Waals surface area contributed by atoms with E-state index in [1.807, 2.05) is 30.3 Å². The van der Waals surface area contributed by atoms with Crippen molar-refractivity contribution in [1.29, 1.82) is 0 Å². The first-order valence-corrected chi connectivity index (χ1v) is 18.5. The molecule has 16 heteroatoms. The first kappa shape index (κ1) is 40.9. The minimum absolute atomic E-state index is 0.0641. The Labute approximate surface area is 325 Å². The molecule has 1 fully saturated rings. The average molecular weight is 773 g/mol. The van der Waals surface area contributed by atoms with Gasteiger partial charge in [-0.3, -0.25) is 28.9 Å². The Morgan fingerprint density at radius 2 is 1.64 bits per heavy atom. The van der Waals surface area contributed by atoms with Crippen LogP contribution < -0.4 is 35.5 Å². The number of fused-ring (bicyclic) bond motifs is 18. The number of ether oxygens (including phenoxy) is 4. The van der Waals surface area contributed by atoms with Crippen molar-refractivity contribution >= 4 is 35.6 Å². The lowest BCUT2D eigenvalue weighted by Crippen LogP contribution is -2.54. The third-order valence-corrected chi connectivity index (χ3v) is 9.33. The van der Waals surface area contributed by atoms with Gasteiger partial charge in [-0.1, -0.05) is 30.3 Å². The number of aryl methyl sites for hydroxylation is 1. The second-order valence-corrected chi connectivity index (χ2v) is 13.3. The van der Waals surface area contributed by atoms with Gasteiger partial charge in [-0.05, 0) is 68.5 Å². The van der Waals surface area contributed by atoms with E-state index in [1.165, 1.54) is 30.9 Å².